The van der Waals surface area contributed by atoms with E-state index in [1.54, 1.807) is 0 Å². The first-order chi connectivity index (χ1) is 8.11. The predicted octanol–water partition coefficient (Wildman–Crippen LogP) is 2.47. The van der Waals surface area contributed by atoms with Crippen molar-refractivity contribution < 1.29 is 0 Å². The number of aryl methyl sites for hydroxylation is 1. The number of nitrogens with two attached hydrogens (primary N) is 1. The Morgan fingerprint density at radius 2 is 2.12 bits per heavy atom. The van der Waals surface area contributed by atoms with Crippen molar-refractivity contribution in [2.45, 2.75) is 46.2 Å². The molecular weight excluding hydrogens is 210 g/mol. The summed E-state index contributed by atoms with van der Waals surface area (Å²) in [6.07, 6.45) is 2.74. The van der Waals surface area contributed by atoms with Crippen LogP contribution in [0.15, 0.2) is 12.1 Å². The van der Waals surface area contributed by atoms with E-state index in [9.17, 15) is 0 Å². The zero-order chi connectivity index (χ0) is 12.4. The van der Waals surface area contributed by atoms with Gasteiger partial charge in [0.1, 0.15) is 5.82 Å². The van der Waals surface area contributed by atoms with Gasteiger partial charge in [0, 0.05) is 30.4 Å². The van der Waals surface area contributed by atoms with E-state index in [4.69, 9.17) is 10.7 Å². The summed E-state index contributed by atoms with van der Waals surface area (Å²) >= 11 is 0. The molecule has 0 aliphatic heterocycles. The standard InChI is InChI=1S/C14H23N3/c1-10(2)17(9-12-5-6-12)14-13(8-15)7-4-11(3)16-14/h4,7,10,12H,5-6,8-9,15H2,1-3H3. The molecule has 1 aromatic heterocycles. The summed E-state index contributed by atoms with van der Waals surface area (Å²) in [4.78, 5) is 7.10. The molecule has 0 spiro atoms. The summed E-state index contributed by atoms with van der Waals surface area (Å²) in [7, 11) is 0. The Kier molecular flexibility index (Phi) is 3.67. The summed E-state index contributed by atoms with van der Waals surface area (Å²) in [6, 6.07) is 4.64. The van der Waals surface area contributed by atoms with Gasteiger partial charge >= 0.3 is 0 Å². The van der Waals surface area contributed by atoms with Crippen LogP contribution in [0.4, 0.5) is 5.82 Å². The lowest BCUT2D eigenvalue weighted by atomic mass is 10.2. The quantitative estimate of drug-likeness (QED) is 0.849. The van der Waals surface area contributed by atoms with Crippen molar-refractivity contribution in [1.29, 1.82) is 0 Å². The molecule has 1 aliphatic rings. The van der Waals surface area contributed by atoms with Crippen LogP contribution in [-0.2, 0) is 6.54 Å². The van der Waals surface area contributed by atoms with Gasteiger partial charge in [0.05, 0.1) is 0 Å². The molecule has 2 N–H and O–H groups in total. The van der Waals surface area contributed by atoms with E-state index >= 15 is 0 Å². The smallest absolute Gasteiger partial charge is 0.133 e. The maximum Gasteiger partial charge on any atom is 0.133 e. The molecule has 1 heterocycles. The highest BCUT2D eigenvalue weighted by atomic mass is 15.2. The van der Waals surface area contributed by atoms with Crippen LogP contribution >= 0.6 is 0 Å². The molecular formula is C14H23N3. The third kappa shape index (κ3) is 2.97. The number of hydrogen-bond acceptors (Lipinski definition) is 3. The fourth-order valence-corrected chi connectivity index (χ4v) is 2.10. The zero-order valence-electron chi connectivity index (χ0n) is 11.1. The maximum atomic E-state index is 5.82. The largest absolute Gasteiger partial charge is 0.354 e. The Balaban J connectivity index is 2.29. The van der Waals surface area contributed by atoms with E-state index in [0.29, 0.717) is 12.6 Å². The van der Waals surface area contributed by atoms with Gasteiger partial charge in [0.2, 0.25) is 0 Å². The Labute approximate surface area is 104 Å². The Morgan fingerprint density at radius 1 is 1.41 bits per heavy atom. The molecule has 3 nitrogen and oxygen atoms in total. The van der Waals surface area contributed by atoms with Crippen LogP contribution in [0.25, 0.3) is 0 Å². The molecule has 1 fully saturated rings. The van der Waals surface area contributed by atoms with Crippen LogP contribution in [0.5, 0.6) is 0 Å². The minimum atomic E-state index is 0.482. The van der Waals surface area contributed by atoms with Crippen molar-refractivity contribution in [3.63, 3.8) is 0 Å². The first kappa shape index (κ1) is 12.4. The molecule has 1 saturated carbocycles. The second-order valence-electron chi connectivity index (χ2n) is 5.33. The van der Waals surface area contributed by atoms with Gasteiger partial charge in [-0.15, -0.1) is 0 Å². The second-order valence-corrected chi connectivity index (χ2v) is 5.33. The van der Waals surface area contributed by atoms with Crippen LogP contribution in [0.2, 0.25) is 0 Å². The number of anilines is 1. The van der Waals surface area contributed by atoms with Crippen molar-refractivity contribution in [2.75, 3.05) is 11.4 Å². The molecule has 2 rings (SSSR count). The SMILES string of the molecule is Cc1ccc(CN)c(N(CC2CC2)C(C)C)n1. The lowest BCUT2D eigenvalue weighted by molar-refractivity contribution is 0.632. The molecule has 0 saturated heterocycles. The molecule has 1 aromatic rings. The third-order valence-corrected chi connectivity index (χ3v) is 3.36. The highest BCUT2D eigenvalue weighted by Gasteiger charge is 2.27. The molecule has 17 heavy (non-hydrogen) atoms. The van der Waals surface area contributed by atoms with Crippen molar-refractivity contribution in [1.82, 2.24) is 4.98 Å². The molecule has 0 amide bonds. The summed E-state index contributed by atoms with van der Waals surface area (Å²) in [6.45, 7) is 8.19. The molecule has 0 atom stereocenters. The van der Waals surface area contributed by atoms with Crippen molar-refractivity contribution in [3.8, 4) is 0 Å². The van der Waals surface area contributed by atoms with Gasteiger partial charge in [0.15, 0.2) is 0 Å². The molecule has 0 unspecified atom stereocenters. The monoisotopic (exact) mass is 233 g/mol. The van der Waals surface area contributed by atoms with Gasteiger partial charge in [-0.05, 0) is 45.6 Å². The van der Waals surface area contributed by atoms with Crippen molar-refractivity contribution >= 4 is 5.82 Å². The third-order valence-electron chi connectivity index (χ3n) is 3.36. The Hall–Kier alpha value is -1.09. The molecule has 3 heteroatoms. The van der Waals surface area contributed by atoms with Gasteiger partial charge in [-0.2, -0.15) is 0 Å². The van der Waals surface area contributed by atoms with E-state index in [1.165, 1.54) is 12.8 Å². The van der Waals surface area contributed by atoms with Gasteiger partial charge < -0.3 is 10.6 Å². The van der Waals surface area contributed by atoms with Crippen LogP contribution in [0.1, 0.15) is 37.9 Å². The van der Waals surface area contributed by atoms with E-state index in [2.05, 4.69) is 24.8 Å². The topological polar surface area (TPSA) is 42.1 Å². The lowest BCUT2D eigenvalue weighted by Gasteiger charge is -2.30. The molecule has 1 aliphatic carbocycles. The number of nitrogens with zero attached hydrogens (tertiary/aromatic N) is 2. The summed E-state index contributed by atoms with van der Waals surface area (Å²) < 4.78 is 0. The number of rotatable bonds is 5. The summed E-state index contributed by atoms with van der Waals surface area (Å²) in [5.41, 5.74) is 8.04. The fourth-order valence-electron chi connectivity index (χ4n) is 2.10. The molecule has 0 radical (unpaired) electrons. The highest BCUT2D eigenvalue weighted by Crippen LogP contribution is 2.32. The molecule has 0 aromatic carbocycles. The van der Waals surface area contributed by atoms with E-state index < -0.39 is 0 Å². The number of hydrogen-bond donors (Lipinski definition) is 1. The van der Waals surface area contributed by atoms with Crippen LogP contribution in [-0.4, -0.2) is 17.6 Å². The first-order valence-corrected chi connectivity index (χ1v) is 6.55. The molecule has 0 bridgehead atoms. The Morgan fingerprint density at radius 3 is 2.65 bits per heavy atom. The van der Waals surface area contributed by atoms with Crippen molar-refractivity contribution in [2.24, 2.45) is 11.7 Å². The van der Waals surface area contributed by atoms with Crippen molar-refractivity contribution in [3.05, 3.63) is 23.4 Å². The van der Waals surface area contributed by atoms with E-state index in [1.807, 2.05) is 13.0 Å². The van der Waals surface area contributed by atoms with Crippen LogP contribution in [0, 0.1) is 12.8 Å². The Bertz CT molecular complexity index is 383. The number of pyridine rings is 1. The number of aromatic nitrogens is 1. The zero-order valence-corrected chi connectivity index (χ0v) is 11.1. The fraction of sp³-hybridized carbons (Fsp3) is 0.643. The first-order valence-electron chi connectivity index (χ1n) is 6.55. The average molecular weight is 233 g/mol. The normalized spacial score (nSPS) is 15.4. The van der Waals surface area contributed by atoms with Crippen LogP contribution < -0.4 is 10.6 Å². The summed E-state index contributed by atoms with van der Waals surface area (Å²) in [5, 5.41) is 0. The van der Waals surface area contributed by atoms with Gasteiger partial charge in [-0.1, -0.05) is 6.07 Å². The predicted molar refractivity (Wildman–Crippen MR) is 72.1 cm³/mol. The van der Waals surface area contributed by atoms with Gasteiger partial charge in [-0.3, -0.25) is 0 Å². The molecule has 94 valence electrons. The minimum Gasteiger partial charge on any atom is -0.354 e. The maximum absolute atomic E-state index is 5.82. The van der Waals surface area contributed by atoms with Gasteiger partial charge in [-0.25, -0.2) is 4.98 Å². The highest BCUT2D eigenvalue weighted by molar-refractivity contribution is 5.48. The second kappa shape index (κ2) is 5.05. The summed E-state index contributed by atoms with van der Waals surface area (Å²) in [5.74, 6) is 1.96. The van der Waals surface area contributed by atoms with E-state index in [0.717, 1.165) is 29.5 Å². The average Bonchev–Trinajstić information content (AvgIpc) is 3.09. The minimum absolute atomic E-state index is 0.482. The van der Waals surface area contributed by atoms with Gasteiger partial charge in [0.25, 0.3) is 0 Å². The lowest BCUT2D eigenvalue weighted by Crippen LogP contribution is -2.34. The van der Waals surface area contributed by atoms with E-state index in [-0.39, 0.29) is 0 Å². The van der Waals surface area contributed by atoms with Crippen LogP contribution in [0.3, 0.4) is 0 Å².